The molecular formula is C16H18N2O2. The number of aromatic nitrogens is 2. The van der Waals surface area contributed by atoms with Gasteiger partial charge in [-0.05, 0) is 23.8 Å². The molecule has 0 aliphatic carbocycles. The summed E-state index contributed by atoms with van der Waals surface area (Å²) in [5, 5.41) is 0. The fraction of sp³-hybridized carbons (Fsp3) is 0.375. The molecule has 1 N–H and O–H groups in total. The van der Waals surface area contributed by atoms with Crippen LogP contribution in [0.1, 0.15) is 32.2 Å². The van der Waals surface area contributed by atoms with E-state index in [0.29, 0.717) is 11.5 Å². The molecule has 0 fully saturated rings. The molecule has 0 unspecified atom stereocenters. The van der Waals surface area contributed by atoms with E-state index in [1.807, 2.05) is 32.9 Å². The molecule has 1 aromatic carbocycles. The summed E-state index contributed by atoms with van der Waals surface area (Å²) in [5.41, 5.74) is 2.56. The Bertz CT molecular complexity index is 711. The number of H-pyrrole nitrogens is 1. The van der Waals surface area contributed by atoms with E-state index in [2.05, 4.69) is 16.0 Å². The second kappa shape index (κ2) is 4.47. The summed E-state index contributed by atoms with van der Waals surface area (Å²) in [6.45, 7) is 6.83. The molecule has 104 valence electrons. The van der Waals surface area contributed by atoms with Gasteiger partial charge in [-0.25, -0.2) is 4.98 Å². The van der Waals surface area contributed by atoms with Gasteiger partial charge in [0.1, 0.15) is 11.6 Å². The normalized spacial score (nSPS) is 13.9. The molecule has 0 spiro atoms. The number of nitrogens with one attached hydrogen (secondary N) is 1. The predicted molar refractivity (Wildman–Crippen MR) is 78.2 cm³/mol. The van der Waals surface area contributed by atoms with Crippen LogP contribution >= 0.6 is 0 Å². The zero-order valence-electron chi connectivity index (χ0n) is 12.0. The maximum atomic E-state index is 11.8. The molecule has 0 radical (unpaired) electrons. The van der Waals surface area contributed by atoms with Crippen molar-refractivity contribution in [1.29, 1.82) is 0 Å². The topological polar surface area (TPSA) is 55.0 Å². The summed E-state index contributed by atoms with van der Waals surface area (Å²) in [4.78, 5) is 19.3. The highest BCUT2D eigenvalue weighted by molar-refractivity contribution is 5.62. The van der Waals surface area contributed by atoms with Crippen LogP contribution in [0.15, 0.2) is 29.1 Å². The van der Waals surface area contributed by atoms with E-state index in [1.54, 1.807) is 6.07 Å². The molecule has 4 heteroatoms. The lowest BCUT2D eigenvalue weighted by Gasteiger charge is -2.17. The Hall–Kier alpha value is -2.10. The number of rotatable bonds is 1. The number of ether oxygens (including phenoxy) is 1. The molecule has 0 bridgehead atoms. The van der Waals surface area contributed by atoms with Crippen LogP contribution in [-0.2, 0) is 11.8 Å². The van der Waals surface area contributed by atoms with E-state index >= 15 is 0 Å². The van der Waals surface area contributed by atoms with Crippen molar-refractivity contribution in [2.24, 2.45) is 0 Å². The van der Waals surface area contributed by atoms with Crippen molar-refractivity contribution in [3.05, 3.63) is 46.0 Å². The van der Waals surface area contributed by atoms with Crippen molar-refractivity contribution >= 4 is 0 Å². The van der Waals surface area contributed by atoms with Gasteiger partial charge in [-0.1, -0.05) is 20.8 Å². The summed E-state index contributed by atoms with van der Waals surface area (Å²) in [7, 11) is 0. The molecule has 0 amide bonds. The second-order valence-electron chi connectivity index (χ2n) is 6.15. The third kappa shape index (κ3) is 2.33. The van der Waals surface area contributed by atoms with E-state index < -0.39 is 0 Å². The molecule has 0 atom stereocenters. The van der Waals surface area contributed by atoms with Crippen LogP contribution in [0.2, 0.25) is 0 Å². The summed E-state index contributed by atoms with van der Waals surface area (Å²) in [6.07, 6.45) is 0.915. The van der Waals surface area contributed by atoms with E-state index in [9.17, 15) is 4.79 Å². The molecule has 4 nitrogen and oxygen atoms in total. The number of hydrogen-bond donors (Lipinski definition) is 1. The van der Waals surface area contributed by atoms with Crippen LogP contribution in [0.25, 0.3) is 11.3 Å². The number of fused-ring (bicyclic) bond motifs is 1. The molecule has 0 saturated heterocycles. The quantitative estimate of drug-likeness (QED) is 0.866. The van der Waals surface area contributed by atoms with Crippen LogP contribution in [-0.4, -0.2) is 16.6 Å². The van der Waals surface area contributed by atoms with Gasteiger partial charge in [0.25, 0.3) is 5.56 Å². The zero-order chi connectivity index (χ0) is 14.3. The number of benzene rings is 1. The first-order valence-electron chi connectivity index (χ1n) is 6.81. The van der Waals surface area contributed by atoms with Crippen molar-refractivity contribution in [1.82, 2.24) is 9.97 Å². The first kappa shape index (κ1) is 12.9. The summed E-state index contributed by atoms with van der Waals surface area (Å²) in [6, 6.07) is 7.53. The Morgan fingerprint density at radius 3 is 2.80 bits per heavy atom. The van der Waals surface area contributed by atoms with Crippen LogP contribution in [0, 0.1) is 0 Å². The SMILES string of the molecule is CC(C)(C)c1nc(-c2ccc3c(c2)CCO3)cc(=O)[nH]1. The fourth-order valence-electron chi connectivity index (χ4n) is 2.31. The van der Waals surface area contributed by atoms with Crippen molar-refractivity contribution in [3.8, 4) is 17.0 Å². The Morgan fingerprint density at radius 1 is 1.25 bits per heavy atom. The molecule has 2 aromatic rings. The summed E-state index contributed by atoms with van der Waals surface area (Å²) in [5.74, 6) is 1.64. The van der Waals surface area contributed by atoms with Gasteiger partial charge < -0.3 is 9.72 Å². The summed E-state index contributed by atoms with van der Waals surface area (Å²) < 4.78 is 5.50. The van der Waals surface area contributed by atoms with Crippen LogP contribution < -0.4 is 10.3 Å². The monoisotopic (exact) mass is 270 g/mol. The van der Waals surface area contributed by atoms with Crippen molar-refractivity contribution in [2.75, 3.05) is 6.61 Å². The highest BCUT2D eigenvalue weighted by Gasteiger charge is 2.19. The Labute approximate surface area is 117 Å². The molecule has 0 saturated carbocycles. The van der Waals surface area contributed by atoms with Gasteiger partial charge >= 0.3 is 0 Å². The number of aromatic amines is 1. The van der Waals surface area contributed by atoms with Gasteiger partial charge in [-0.15, -0.1) is 0 Å². The lowest BCUT2D eigenvalue weighted by molar-refractivity contribution is 0.357. The standard InChI is InChI=1S/C16H18N2O2/c1-16(2,3)15-17-12(9-14(19)18-15)10-4-5-13-11(8-10)6-7-20-13/h4-5,8-9H,6-7H2,1-3H3,(H,17,18,19). The highest BCUT2D eigenvalue weighted by atomic mass is 16.5. The van der Waals surface area contributed by atoms with Crippen molar-refractivity contribution < 1.29 is 4.74 Å². The van der Waals surface area contributed by atoms with Gasteiger partial charge in [0.15, 0.2) is 0 Å². The van der Waals surface area contributed by atoms with Gasteiger partial charge in [0.2, 0.25) is 0 Å². The van der Waals surface area contributed by atoms with Gasteiger partial charge in [0.05, 0.1) is 12.3 Å². The number of nitrogens with zero attached hydrogens (tertiary/aromatic N) is 1. The minimum Gasteiger partial charge on any atom is -0.493 e. The molecule has 1 aliphatic rings. The fourth-order valence-corrected chi connectivity index (χ4v) is 2.31. The van der Waals surface area contributed by atoms with Crippen LogP contribution in [0.5, 0.6) is 5.75 Å². The Morgan fingerprint density at radius 2 is 2.05 bits per heavy atom. The van der Waals surface area contributed by atoms with Crippen molar-refractivity contribution in [3.63, 3.8) is 0 Å². The molecule has 3 rings (SSSR count). The van der Waals surface area contributed by atoms with Crippen molar-refractivity contribution in [2.45, 2.75) is 32.6 Å². The average Bonchev–Trinajstić information content (AvgIpc) is 2.84. The highest BCUT2D eigenvalue weighted by Crippen LogP contribution is 2.30. The average molecular weight is 270 g/mol. The van der Waals surface area contributed by atoms with Gasteiger partial charge in [-0.2, -0.15) is 0 Å². The first-order chi connectivity index (χ1) is 9.43. The molecular weight excluding hydrogens is 252 g/mol. The maximum Gasteiger partial charge on any atom is 0.251 e. The second-order valence-corrected chi connectivity index (χ2v) is 6.15. The zero-order valence-corrected chi connectivity index (χ0v) is 12.0. The number of hydrogen-bond acceptors (Lipinski definition) is 3. The van der Waals surface area contributed by atoms with E-state index in [-0.39, 0.29) is 11.0 Å². The third-order valence-electron chi connectivity index (χ3n) is 3.44. The minimum atomic E-state index is -0.186. The molecule has 2 heterocycles. The molecule has 20 heavy (non-hydrogen) atoms. The lowest BCUT2D eigenvalue weighted by atomic mass is 9.95. The van der Waals surface area contributed by atoms with Crippen LogP contribution in [0.3, 0.4) is 0 Å². The Kier molecular flexibility index (Phi) is 2.89. The van der Waals surface area contributed by atoms with Gasteiger partial charge in [-0.3, -0.25) is 4.79 Å². The smallest absolute Gasteiger partial charge is 0.251 e. The van der Waals surface area contributed by atoms with E-state index in [1.165, 1.54) is 5.56 Å². The van der Waals surface area contributed by atoms with Crippen LogP contribution in [0.4, 0.5) is 0 Å². The lowest BCUT2D eigenvalue weighted by Crippen LogP contribution is -2.21. The minimum absolute atomic E-state index is 0.114. The molecule has 1 aromatic heterocycles. The first-order valence-corrected chi connectivity index (χ1v) is 6.81. The third-order valence-corrected chi connectivity index (χ3v) is 3.44. The molecule has 1 aliphatic heterocycles. The van der Waals surface area contributed by atoms with E-state index in [4.69, 9.17) is 4.74 Å². The largest absolute Gasteiger partial charge is 0.493 e. The maximum absolute atomic E-state index is 11.8. The van der Waals surface area contributed by atoms with Gasteiger partial charge in [0, 0.05) is 23.5 Å². The van der Waals surface area contributed by atoms with E-state index in [0.717, 1.165) is 24.3 Å². The Balaban J connectivity index is 2.10. The summed E-state index contributed by atoms with van der Waals surface area (Å²) >= 11 is 0. The predicted octanol–water partition coefficient (Wildman–Crippen LogP) is 2.67.